The van der Waals surface area contributed by atoms with Gasteiger partial charge in [0, 0.05) is 18.2 Å². The number of nitrogens with zero attached hydrogens (tertiary/aromatic N) is 3. The Morgan fingerprint density at radius 2 is 1.94 bits per heavy atom. The molecule has 1 aromatic rings. The van der Waals surface area contributed by atoms with E-state index in [2.05, 4.69) is 28.7 Å². The number of anilines is 2. The van der Waals surface area contributed by atoms with Crippen LogP contribution < -0.4 is 10.6 Å². The zero-order valence-electron chi connectivity index (χ0n) is 9.65. The average Bonchev–Trinajstić information content (AvgIpc) is 2.15. The lowest BCUT2D eigenvalue weighted by atomic mass is 9.98. The number of hydrogen-bond acceptors (Lipinski definition) is 4. The Bertz CT molecular complexity index is 352. The number of rotatable bonds is 1. The summed E-state index contributed by atoms with van der Waals surface area (Å²) in [4.78, 5) is 10.4. The Hall–Kier alpha value is -1.03. The Balaban J connectivity index is 2.33. The summed E-state index contributed by atoms with van der Waals surface area (Å²) in [6.45, 7) is 4.42. The van der Waals surface area contributed by atoms with Crippen LogP contribution in [0.15, 0.2) is 6.07 Å². The monoisotopic (exact) mass is 240 g/mol. The van der Waals surface area contributed by atoms with Crippen LogP contribution >= 0.6 is 11.6 Å². The van der Waals surface area contributed by atoms with Gasteiger partial charge in [-0.2, -0.15) is 4.98 Å². The van der Waals surface area contributed by atoms with Gasteiger partial charge in [0.05, 0.1) is 0 Å². The van der Waals surface area contributed by atoms with Crippen LogP contribution in [-0.4, -0.2) is 22.1 Å². The minimum Gasteiger partial charge on any atom is -0.368 e. The van der Waals surface area contributed by atoms with Gasteiger partial charge in [-0.3, -0.25) is 0 Å². The molecule has 88 valence electrons. The van der Waals surface area contributed by atoms with Crippen LogP contribution in [0.25, 0.3) is 0 Å². The molecule has 1 aromatic heterocycles. The Morgan fingerprint density at radius 3 is 2.50 bits per heavy atom. The van der Waals surface area contributed by atoms with Crippen LogP contribution in [0.5, 0.6) is 0 Å². The minimum absolute atomic E-state index is 0.243. The second-order valence-electron chi connectivity index (χ2n) is 4.44. The van der Waals surface area contributed by atoms with Gasteiger partial charge in [-0.25, -0.2) is 4.98 Å². The molecule has 2 atom stereocenters. The van der Waals surface area contributed by atoms with Crippen molar-refractivity contribution in [2.45, 2.75) is 45.2 Å². The molecule has 4 nitrogen and oxygen atoms in total. The van der Waals surface area contributed by atoms with Crippen molar-refractivity contribution in [2.75, 3.05) is 10.6 Å². The molecule has 2 N–H and O–H groups in total. The van der Waals surface area contributed by atoms with Gasteiger partial charge in [0.1, 0.15) is 11.0 Å². The molecule has 0 radical (unpaired) electrons. The Morgan fingerprint density at radius 1 is 1.31 bits per heavy atom. The minimum atomic E-state index is 0.243. The molecule has 1 fully saturated rings. The van der Waals surface area contributed by atoms with Gasteiger partial charge in [-0.15, -0.1) is 0 Å². The van der Waals surface area contributed by atoms with Crippen LogP contribution in [0.3, 0.4) is 0 Å². The van der Waals surface area contributed by atoms with Gasteiger partial charge in [-0.05, 0) is 33.1 Å². The van der Waals surface area contributed by atoms with Crippen molar-refractivity contribution < 1.29 is 0 Å². The summed E-state index contributed by atoms with van der Waals surface area (Å²) in [6, 6.07) is 2.75. The van der Waals surface area contributed by atoms with E-state index in [1.54, 1.807) is 6.07 Å². The summed E-state index contributed by atoms with van der Waals surface area (Å²) >= 11 is 5.91. The molecule has 0 saturated carbocycles. The molecule has 0 bridgehead atoms. The molecule has 1 aliphatic rings. The van der Waals surface area contributed by atoms with Crippen molar-refractivity contribution in [3.05, 3.63) is 11.2 Å². The number of piperidine rings is 1. The molecule has 1 saturated heterocycles. The van der Waals surface area contributed by atoms with Crippen LogP contribution in [0.1, 0.15) is 33.1 Å². The normalized spacial score (nSPS) is 25.8. The number of hydrogen-bond donors (Lipinski definition) is 1. The van der Waals surface area contributed by atoms with Gasteiger partial charge < -0.3 is 10.6 Å². The Kier molecular flexibility index (Phi) is 3.19. The average molecular weight is 241 g/mol. The molecule has 0 aromatic carbocycles. The molecular formula is C11H17ClN4. The van der Waals surface area contributed by atoms with Crippen LogP contribution in [-0.2, 0) is 0 Å². The first-order valence-electron chi connectivity index (χ1n) is 5.66. The smallest absolute Gasteiger partial charge is 0.223 e. The lowest BCUT2D eigenvalue weighted by Crippen LogP contribution is -2.44. The van der Waals surface area contributed by atoms with Gasteiger partial charge in [0.15, 0.2) is 0 Å². The van der Waals surface area contributed by atoms with Crippen molar-refractivity contribution in [1.82, 2.24) is 9.97 Å². The van der Waals surface area contributed by atoms with Crippen LogP contribution in [0.2, 0.25) is 5.15 Å². The second kappa shape index (κ2) is 4.45. The van der Waals surface area contributed by atoms with E-state index in [1.165, 1.54) is 19.3 Å². The summed E-state index contributed by atoms with van der Waals surface area (Å²) in [5.41, 5.74) is 5.62. The predicted molar refractivity (Wildman–Crippen MR) is 66.7 cm³/mol. The molecule has 2 rings (SSSR count). The lowest BCUT2D eigenvalue weighted by Gasteiger charge is -2.40. The van der Waals surface area contributed by atoms with Gasteiger partial charge in [-0.1, -0.05) is 11.6 Å². The molecule has 0 spiro atoms. The molecule has 2 unspecified atom stereocenters. The summed E-state index contributed by atoms with van der Waals surface area (Å²) < 4.78 is 0. The summed E-state index contributed by atoms with van der Waals surface area (Å²) in [5.74, 6) is 1.09. The molecule has 0 amide bonds. The third-order valence-corrected chi connectivity index (χ3v) is 3.35. The van der Waals surface area contributed by atoms with Crippen molar-refractivity contribution in [2.24, 2.45) is 0 Å². The van der Waals surface area contributed by atoms with Crippen LogP contribution in [0.4, 0.5) is 11.8 Å². The highest BCUT2D eigenvalue weighted by Crippen LogP contribution is 2.29. The second-order valence-corrected chi connectivity index (χ2v) is 4.83. The van der Waals surface area contributed by atoms with Gasteiger partial charge in [0.2, 0.25) is 5.95 Å². The molecular weight excluding hydrogens is 224 g/mol. The summed E-state index contributed by atoms with van der Waals surface area (Å²) in [7, 11) is 0. The maximum atomic E-state index is 5.91. The van der Waals surface area contributed by atoms with E-state index in [0.717, 1.165) is 5.82 Å². The zero-order valence-corrected chi connectivity index (χ0v) is 10.4. The Labute approximate surface area is 101 Å². The predicted octanol–water partition coefficient (Wildman–Crippen LogP) is 2.48. The molecule has 16 heavy (non-hydrogen) atoms. The fourth-order valence-corrected chi connectivity index (χ4v) is 2.61. The van der Waals surface area contributed by atoms with Gasteiger partial charge >= 0.3 is 0 Å². The first-order valence-corrected chi connectivity index (χ1v) is 6.04. The SMILES string of the molecule is CC1CCCC(C)N1c1cc(Cl)nc(N)n1. The maximum Gasteiger partial charge on any atom is 0.223 e. The third kappa shape index (κ3) is 2.21. The zero-order chi connectivity index (χ0) is 11.7. The highest BCUT2D eigenvalue weighted by molar-refractivity contribution is 6.29. The van der Waals surface area contributed by atoms with E-state index in [4.69, 9.17) is 17.3 Å². The summed E-state index contributed by atoms with van der Waals surface area (Å²) in [6.07, 6.45) is 3.64. The number of nitrogens with two attached hydrogens (primary N) is 1. The maximum absolute atomic E-state index is 5.91. The van der Waals surface area contributed by atoms with E-state index in [0.29, 0.717) is 17.2 Å². The van der Waals surface area contributed by atoms with E-state index in [-0.39, 0.29) is 5.95 Å². The molecule has 0 aliphatic carbocycles. The van der Waals surface area contributed by atoms with Gasteiger partial charge in [0.25, 0.3) is 0 Å². The fraction of sp³-hybridized carbons (Fsp3) is 0.636. The van der Waals surface area contributed by atoms with E-state index < -0.39 is 0 Å². The highest BCUT2D eigenvalue weighted by Gasteiger charge is 2.26. The number of nitrogen functional groups attached to an aromatic ring is 1. The quantitative estimate of drug-likeness (QED) is 0.767. The molecule has 1 aliphatic heterocycles. The molecule has 5 heteroatoms. The number of halogens is 1. The first kappa shape index (κ1) is 11.5. The first-order chi connectivity index (χ1) is 7.58. The van der Waals surface area contributed by atoms with Crippen molar-refractivity contribution in [3.8, 4) is 0 Å². The third-order valence-electron chi connectivity index (χ3n) is 3.16. The topological polar surface area (TPSA) is 55.0 Å². The molecule has 2 heterocycles. The van der Waals surface area contributed by atoms with E-state index in [1.807, 2.05) is 0 Å². The van der Waals surface area contributed by atoms with Crippen molar-refractivity contribution >= 4 is 23.4 Å². The van der Waals surface area contributed by atoms with Crippen molar-refractivity contribution in [3.63, 3.8) is 0 Å². The standard InChI is InChI=1S/C11H17ClN4/c1-7-4-3-5-8(2)16(7)10-6-9(12)14-11(13)15-10/h6-8H,3-5H2,1-2H3,(H2,13,14,15). The highest BCUT2D eigenvalue weighted by atomic mass is 35.5. The number of aromatic nitrogens is 2. The lowest BCUT2D eigenvalue weighted by molar-refractivity contribution is 0.411. The largest absolute Gasteiger partial charge is 0.368 e. The van der Waals surface area contributed by atoms with E-state index >= 15 is 0 Å². The van der Waals surface area contributed by atoms with Crippen LogP contribution in [0, 0.1) is 0 Å². The fourth-order valence-electron chi connectivity index (χ4n) is 2.43. The van der Waals surface area contributed by atoms with E-state index in [9.17, 15) is 0 Å². The van der Waals surface area contributed by atoms with Crippen molar-refractivity contribution in [1.29, 1.82) is 0 Å². The summed E-state index contributed by atoms with van der Waals surface area (Å²) in [5, 5.41) is 0.410.